The summed E-state index contributed by atoms with van der Waals surface area (Å²) in [7, 11) is 0. The minimum atomic E-state index is 0.604. The fourth-order valence-electron chi connectivity index (χ4n) is 7.82. The SMILES string of the molecule is c1ccc(-c2nc(-c3ccccc3)nc(-c3ccc4c(-n5c6ccccc6c6ccc7ccccc7c65)cc5c6ccccc6oc5c4c3)n2)cc1. The first-order valence-electron chi connectivity index (χ1n) is 17.5. The van der Waals surface area contributed by atoms with Crippen molar-refractivity contribution in [2.75, 3.05) is 0 Å². The predicted octanol–water partition coefficient (Wildman–Crippen LogP) is 12.2. The average Bonchev–Trinajstić information content (AvgIpc) is 3.77. The Labute approximate surface area is 298 Å². The standard InChI is InChI=1S/C47H28N4O/c1-3-14-30(15-4-1)45-48-46(31-16-5-2-6-17-31)50-47(49-45)32-24-25-35-38(27-32)44-39(36-20-10-12-22-42(36)52-44)28-41(35)51-40-21-11-9-19-34(40)37-26-23-29-13-7-8-18-33(29)43(37)51/h1-28H. The summed E-state index contributed by atoms with van der Waals surface area (Å²) in [5, 5.41) is 9.08. The molecule has 0 N–H and O–H groups in total. The van der Waals surface area contributed by atoms with Gasteiger partial charge in [-0.1, -0.05) is 146 Å². The van der Waals surface area contributed by atoms with Crippen LogP contribution in [0, 0.1) is 0 Å². The zero-order valence-corrected chi connectivity index (χ0v) is 27.9. The number of rotatable bonds is 4. The Morgan fingerprint density at radius 3 is 1.71 bits per heavy atom. The summed E-state index contributed by atoms with van der Waals surface area (Å²) in [6.07, 6.45) is 0. The molecule has 242 valence electrons. The van der Waals surface area contributed by atoms with Gasteiger partial charge in [0.1, 0.15) is 11.2 Å². The van der Waals surface area contributed by atoms with Crippen LogP contribution >= 0.6 is 0 Å². The van der Waals surface area contributed by atoms with Gasteiger partial charge in [0.15, 0.2) is 17.5 Å². The first-order chi connectivity index (χ1) is 25.8. The van der Waals surface area contributed by atoms with Crippen LogP contribution in [0.25, 0.3) is 105 Å². The highest BCUT2D eigenvalue weighted by Gasteiger charge is 2.21. The molecule has 0 bridgehead atoms. The van der Waals surface area contributed by atoms with Gasteiger partial charge in [-0.25, -0.2) is 15.0 Å². The molecule has 0 spiro atoms. The highest BCUT2D eigenvalue weighted by molar-refractivity contribution is 6.22. The van der Waals surface area contributed by atoms with E-state index in [0.29, 0.717) is 17.5 Å². The molecule has 0 amide bonds. The van der Waals surface area contributed by atoms with Crippen LogP contribution in [0.1, 0.15) is 0 Å². The first kappa shape index (κ1) is 28.7. The van der Waals surface area contributed by atoms with E-state index in [2.05, 4.69) is 102 Å². The minimum absolute atomic E-state index is 0.604. The molecule has 0 aliphatic carbocycles. The van der Waals surface area contributed by atoms with Crippen molar-refractivity contribution in [1.29, 1.82) is 0 Å². The van der Waals surface area contributed by atoms with E-state index in [9.17, 15) is 0 Å². The highest BCUT2D eigenvalue weighted by atomic mass is 16.3. The lowest BCUT2D eigenvalue weighted by molar-refractivity contribution is 0.672. The monoisotopic (exact) mass is 664 g/mol. The smallest absolute Gasteiger partial charge is 0.164 e. The molecule has 0 aliphatic heterocycles. The summed E-state index contributed by atoms with van der Waals surface area (Å²) in [5.41, 5.74) is 7.89. The van der Waals surface area contributed by atoms with Crippen LogP contribution in [0.4, 0.5) is 0 Å². The Kier molecular flexibility index (Phi) is 6.18. The fraction of sp³-hybridized carbons (Fsp3) is 0. The lowest BCUT2D eigenvalue weighted by Gasteiger charge is -2.15. The molecular formula is C47H28N4O. The van der Waals surface area contributed by atoms with Crippen LogP contribution in [-0.2, 0) is 0 Å². The van der Waals surface area contributed by atoms with Crippen molar-refractivity contribution < 1.29 is 4.42 Å². The molecule has 0 saturated heterocycles. The molecule has 0 fully saturated rings. The number of furan rings is 1. The van der Waals surface area contributed by atoms with E-state index >= 15 is 0 Å². The second-order valence-corrected chi connectivity index (χ2v) is 13.2. The zero-order valence-electron chi connectivity index (χ0n) is 27.9. The van der Waals surface area contributed by atoms with Crippen LogP contribution in [0.15, 0.2) is 174 Å². The van der Waals surface area contributed by atoms with Crippen molar-refractivity contribution in [3.05, 3.63) is 170 Å². The Morgan fingerprint density at radius 2 is 0.962 bits per heavy atom. The topological polar surface area (TPSA) is 56.7 Å². The van der Waals surface area contributed by atoms with Gasteiger partial charge < -0.3 is 8.98 Å². The molecule has 3 aromatic heterocycles. The van der Waals surface area contributed by atoms with Crippen molar-refractivity contribution in [3.63, 3.8) is 0 Å². The maximum absolute atomic E-state index is 6.70. The van der Waals surface area contributed by atoms with Gasteiger partial charge in [0.2, 0.25) is 0 Å². The predicted molar refractivity (Wildman–Crippen MR) is 213 cm³/mol. The molecule has 0 radical (unpaired) electrons. The first-order valence-corrected chi connectivity index (χ1v) is 17.5. The lowest BCUT2D eigenvalue weighted by Crippen LogP contribution is -2.00. The molecule has 0 aliphatic rings. The molecule has 0 saturated carbocycles. The Morgan fingerprint density at radius 1 is 0.385 bits per heavy atom. The van der Waals surface area contributed by atoms with Crippen molar-refractivity contribution in [3.8, 4) is 39.9 Å². The molecule has 0 atom stereocenters. The van der Waals surface area contributed by atoms with Gasteiger partial charge in [0.05, 0.1) is 16.7 Å². The third-order valence-electron chi connectivity index (χ3n) is 10.2. The van der Waals surface area contributed by atoms with E-state index in [1.165, 1.54) is 27.1 Å². The maximum atomic E-state index is 6.70. The molecule has 11 rings (SSSR count). The van der Waals surface area contributed by atoms with E-state index in [1.807, 2.05) is 72.8 Å². The minimum Gasteiger partial charge on any atom is -0.455 e. The molecular weight excluding hydrogens is 637 g/mol. The van der Waals surface area contributed by atoms with Crippen LogP contribution < -0.4 is 0 Å². The van der Waals surface area contributed by atoms with Gasteiger partial charge in [-0.05, 0) is 29.7 Å². The lowest BCUT2D eigenvalue weighted by atomic mass is 10.0. The number of hydrogen-bond acceptors (Lipinski definition) is 4. The number of fused-ring (bicyclic) bond motifs is 10. The Bertz CT molecular complexity index is 3120. The summed E-state index contributed by atoms with van der Waals surface area (Å²) >= 11 is 0. The molecule has 11 aromatic rings. The van der Waals surface area contributed by atoms with Gasteiger partial charge in [0.25, 0.3) is 0 Å². The maximum Gasteiger partial charge on any atom is 0.164 e. The van der Waals surface area contributed by atoms with Crippen LogP contribution in [0.5, 0.6) is 0 Å². The number of benzene rings is 8. The summed E-state index contributed by atoms with van der Waals surface area (Å²) < 4.78 is 9.14. The summed E-state index contributed by atoms with van der Waals surface area (Å²) in [6, 6.07) is 59.2. The van der Waals surface area contributed by atoms with Gasteiger partial charge >= 0.3 is 0 Å². The quantitative estimate of drug-likeness (QED) is 0.188. The molecule has 0 unspecified atom stereocenters. The third-order valence-corrected chi connectivity index (χ3v) is 10.2. The second kappa shape index (κ2) is 11.2. The molecule has 5 nitrogen and oxygen atoms in total. The van der Waals surface area contributed by atoms with Gasteiger partial charge in [-0.3, -0.25) is 0 Å². The Balaban J connectivity index is 1.24. The largest absolute Gasteiger partial charge is 0.455 e. The van der Waals surface area contributed by atoms with Gasteiger partial charge in [-0.15, -0.1) is 0 Å². The molecule has 8 aromatic carbocycles. The molecule has 52 heavy (non-hydrogen) atoms. The number of para-hydroxylation sites is 2. The van der Waals surface area contributed by atoms with E-state index < -0.39 is 0 Å². The van der Waals surface area contributed by atoms with Crippen molar-refractivity contribution in [2.45, 2.75) is 0 Å². The summed E-state index contributed by atoms with van der Waals surface area (Å²) in [6.45, 7) is 0. The van der Waals surface area contributed by atoms with Crippen molar-refractivity contribution >= 4 is 65.3 Å². The Hall–Kier alpha value is -7.11. The average molecular weight is 665 g/mol. The van der Waals surface area contributed by atoms with Gasteiger partial charge in [0, 0.05) is 54.4 Å². The molecule has 5 heteroatoms. The normalized spacial score (nSPS) is 11.8. The van der Waals surface area contributed by atoms with E-state index in [0.717, 1.165) is 60.6 Å². The van der Waals surface area contributed by atoms with Crippen LogP contribution in [0.3, 0.4) is 0 Å². The van der Waals surface area contributed by atoms with Crippen molar-refractivity contribution in [2.24, 2.45) is 0 Å². The number of hydrogen-bond donors (Lipinski definition) is 0. The van der Waals surface area contributed by atoms with Crippen LogP contribution in [-0.4, -0.2) is 19.5 Å². The third kappa shape index (κ3) is 4.33. The van der Waals surface area contributed by atoms with Crippen molar-refractivity contribution in [1.82, 2.24) is 19.5 Å². The summed E-state index contributed by atoms with van der Waals surface area (Å²) in [5.74, 6) is 1.86. The second-order valence-electron chi connectivity index (χ2n) is 13.2. The van der Waals surface area contributed by atoms with E-state index in [4.69, 9.17) is 19.4 Å². The summed E-state index contributed by atoms with van der Waals surface area (Å²) in [4.78, 5) is 15.0. The molecule has 3 heterocycles. The number of nitrogens with zero attached hydrogens (tertiary/aromatic N) is 4. The number of aromatic nitrogens is 4. The fourth-order valence-corrected chi connectivity index (χ4v) is 7.82. The highest BCUT2D eigenvalue weighted by Crippen LogP contribution is 2.43. The van der Waals surface area contributed by atoms with E-state index in [1.54, 1.807) is 0 Å². The zero-order chi connectivity index (χ0) is 34.2. The van der Waals surface area contributed by atoms with E-state index in [-0.39, 0.29) is 0 Å². The van der Waals surface area contributed by atoms with Crippen LogP contribution in [0.2, 0.25) is 0 Å². The van der Waals surface area contributed by atoms with Gasteiger partial charge in [-0.2, -0.15) is 0 Å².